The maximum absolute atomic E-state index is 13.0. The van der Waals surface area contributed by atoms with Gasteiger partial charge in [-0.05, 0) is 37.1 Å². The minimum Gasteiger partial charge on any atom is -0.388 e. The molecule has 0 unspecified atom stereocenters. The number of carbonyl (C=O) groups is 1. The van der Waals surface area contributed by atoms with Gasteiger partial charge in [0.05, 0.1) is 29.8 Å². The number of hydrogen-bond donors (Lipinski definition) is 3. The highest BCUT2D eigenvalue weighted by Gasteiger charge is 2.23. The van der Waals surface area contributed by atoms with Crippen molar-refractivity contribution >= 4 is 21.6 Å². The van der Waals surface area contributed by atoms with Crippen molar-refractivity contribution in [2.45, 2.75) is 30.4 Å². The Kier molecular flexibility index (Phi) is 7.09. The zero-order valence-corrected chi connectivity index (χ0v) is 17.6. The fraction of sp³-hybridized carbons (Fsp3) is 0.381. The monoisotopic (exact) mass is 433 g/mol. The van der Waals surface area contributed by atoms with Gasteiger partial charge in [0.15, 0.2) is 0 Å². The van der Waals surface area contributed by atoms with Gasteiger partial charge in [-0.1, -0.05) is 30.3 Å². The topological polar surface area (TPSA) is 122 Å². The molecule has 0 spiro atoms. The van der Waals surface area contributed by atoms with E-state index in [4.69, 9.17) is 9.88 Å². The molecule has 2 aromatic rings. The van der Waals surface area contributed by atoms with Crippen LogP contribution in [0.5, 0.6) is 0 Å². The minimum absolute atomic E-state index is 0.123. The first-order chi connectivity index (χ1) is 14.3. The van der Waals surface area contributed by atoms with Crippen molar-refractivity contribution < 1.29 is 23.1 Å². The van der Waals surface area contributed by atoms with Crippen LogP contribution >= 0.6 is 0 Å². The van der Waals surface area contributed by atoms with Crippen LogP contribution in [0.4, 0.5) is 5.69 Å². The average Bonchev–Trinajstić information content (AvgIpc) is 2.73. The van der Waals surface area contributed by atoms with Gasteiger partial charge in [0.1, 0.15) is 0 Å². The quantitative estimate of drug-likeness (QED) is 0.607. The van der Waals surface area contributed by atoms with Crippen LogP contribution in [0.25, 0.3) is 0 Å². The van der Waals surface area contributed by atoms with Crippen LogP contribution in [-0.2, 0) is 14.8 Å². The van der Waals surface area contributed by atoms with Crippen LogP contribution in [0.2, 0.25) is 0 Å². The van der Waals surface area contributed by atoms with Crippen LogP contribution in [-0.4, -0.2) is 51.8 Å². The number of anilines is 1. The number of hydrogen-bond acceptors (Lipinski definition) is 6. The summed E-state index contributed by atoms with van der Waals surface area (Å²) < 4.78 is 29.0. The Morgan fingerprint density at radius 3 is 2.50 bits per heavy atom. The van der Waals surface area contributed by atoms with E-state index in [1.54, 1.807) is 13.0 Å². The zero-order valence-electron chi connectivity index (χ0n) is 16.8. The lowest BCUT2D eigenvalue weighted by Gasteiger charge is -2.30. The lowest BCUT2D eigenvalue weighted by molar-refractivity contribution is 0.0915. The molecule has 1 amide bonds. The molecule has 0 radical (unpaired) electrons. The normalized spacial score (nSPS) is 16.7. The third-order valence-corrected chi connectivity index (χ3v) is 5.94. The molecule has 30 heavy (non-hydrogen) atoms. The van der Waals surface area contributed by atoms with Gasteiger partial charge in [-0.3, -0.25) is 4.79 Å². The molecule has 9 heteroatoms. The van der Waals surface area contributed by atoms with Crippen molar-refractivity contribution in [3.05, 3.63) is 59.7 Å². The predicted molar refractivity (Wildman–Crippen MR) is 114 cm³/mol. The van der Waals surface area contributed by atoms with Crippen molar-refractivity contribution in [1.29, 1.82) is 0 Å². The summed E-state index contributed by atoms with van der Waals surface area (Å²) in [5.41, 5.74) is 1.62. The predicted octanol–water partition coefficient (Wildman–Crippen LogP) is 1.41. The Labute approximate surface area is 176 Å². The zero-order chi connectivity index (χ0) is 21.7. The molecular weight excluding hydrogens is 406 g/mol. The van der Waals surface area contributed by atoms with Crippen molar-refractivity contribution in [1.82, 2.24) is 5.32 Å². The molecule has 3 rings (SSSR count). The van der Waals surface area contributed by atoms with Gasteiger partial charge in [0.2, 0.25) is 10.0 Å². The van der Waals surface area contributed by atoms with Gasteiger partial charge in [0, 0.05) is 24.8 Å². The molecule has 1 saturated heterocycles. The molecule has 2 atom stereocenters. The fourth-order valence-corrected chi connectivity index (χ4v) is 4.00. The highest BCUT2D eigenvalue weighted by atomic mass is 32.2. The molecular formula is C21H27N3O5S. The number of morpholine rings is 1. The number of primary sulfonamides is 1. The number of ether oxygens (including phenoxy) is 1. The van der Waals surface area contributed by atoms with E-state index in [0.717, 1.165) is 5.56 Å². The third-order valence-electron chi connectivity index (χ3n) is 5.03. The van der Waals surface area contributed by atoms with E-state index >= 15 is 0 Å². The lowest BCUT2D eigenvalue weighted by Crippen LogP contribution is -2.39. The Hall–Kier alpha value is -2.46. The number of amides is 1. The highest BCUT2D eigenvalue weighted by Crippen LogP contribution is 2.25. The summed E-state index contributed by atoms with van der Waals surface area (Å²) in [6.45, 7) is 4.03. The number of rotatable bonds is 7. The molecule has 2 aromatic carbocycles. The Balaban J connectivity index is 1.80. The molecule has 1 fully saturated rings. The van der Waals surface area contributed by atoms with Gasteiger partial charge in [-0.25, -0.2) is 13.6 Å². The number of sulfonamides is 1. The summed E-state index contributed by atoms with van der Waals surface area (Å²) in [7, 11) is -3.95. The second-order valence-corrected chi connectivity index (χ2v) is 8.92. The summed E-state index contributed by atoms with van der Waals surface area (Å²) >= 11 is 0. The van der Waals surface area contributed by atoms with Crippen LogP contribution in [0.1, 0.15) is 35.4 Å². The number of nitrogens with one attached hydrogen (secondary N) is 1. The lowest BCUT2D eigenvalue weighted by atomic mass is 10.0. The van der Waals surface area contributed by atoms with Gasteiger partial charge < -0.3 is 20.1 Å². The molecule has 162 valence electrons. The van der Waals surface area contributed by atoms with E-state index in [1.165, 1.54) is 12.1 Å². The fourth-order valence-electron chi connectivity index (χ4n) is 3.46. The molecule has 8 nitrogen and oxygen atoms in total. The third kappa shape index (κ3) is 5.57. The second kappa shape index (κ2) is 9.57. The molecule has 1 aliphatic heterocycles. The minimum atomic E-state index is -3.95. The van der Waals surface area contributed by atoms with E-state index in [0.29, 0.717) is 38.4 Å². The molecule has 0 bridgehead atoms. The number of aliphatic hydroxyl groups excluding tert-OH is 1. The van der Waals surface area contributed by atoms with E-state index < -0.39 is 22.0 Å². The first-order valence-corrected chi connectivity index (χ1v) is 11.3. The summed E-state index contributed by atoms with van der Waals surface area (Å²) in [5, 5.41) is 18.5. The second-order valence-electron chi connectivity index (χ2n) is 7.36. The van der Waals surface area contributed by atoms with E-state index in [9.17, 15) is 18.3 Å². The number of benzene rings is 2. The Morgan fingerprint density at radius 1 is 1.20 bits per heavy atom. The van der Waals surface area contributed by atoms with Gasteiger partial charge in [-0.2, -0.15) is 0 Å². The van der Waals surface area contributed by atoms with E-state index in [-0.39, 0.29) is 16.5 Å². The van der Waals surface area contributed by atoms with Crippen LogP contribution in [0, 0.1) is 0 Å². The molecule has 0 aromatic heterocycles. The average molecular weight is 434 g/mol. The smallest absolute Gasteiger partial charge is 0.253 e. The van der Waals surface area contributed by atoms with Gasteiger partial charge in [-0.15, -0.1) is 0 Å². The first-order valence-electron chi connectivity index (χ1n) is 9.79. The largest absolute Gasteiger partial charge is 0.388 e. The summed E-state index contributed by atoms with van der Waals surface area (Å²) in [5.74, 6) is -0.422. The summed E-state index contributed by atoms with van der Waals surface area (Å²) in [6, 6.07) is 13.2. The van der Waals surface area contributed by atoms with Crippen LogP contribution in [0.15, 0.2) is 53.4 Å². The summed E-state index contributed by atoms with van der Waals surface area (Å²) in [6.07, 6.45) is -0.409. The van der Waals surface area contributed by atoms with Crippen LogP contribution in [0.3, 0.4) is 0 Å². The van der Waals surface area contributed by atoms with Gasteiger partial charge in [0.25, 0.3) is 5.91 Å². The van der Waals surface area contributed by atoms with Crippen molar-refractivity contribution in [3.63, 3.8) is 0 Å². The molecule has 1 heterocycles. The molecule has 4 N–H and O–H groups in total. The van der Waals surface area contributed by atoms with E-state index in [1.807, 2.05) is 35.2 Å². The summed E-state index contributed by atoms with van der Waals surface area (Å²) in [4.78, 5) is 14.9. The van der Waals surface area contributed by atoms with Gasteiger partial charge >= 0.3 is 0 Å². The number of carbonyl (C=O) groups excluding carboxylic acids is 1. The van der Waals surface area contributed by atoms with Crippen LogP contribution < -0.4 is 15.4 Å². The maximum Gasteiger partial charge on any atom is 0.253 e. The number of nitrogens with zero attached hydrogens (tertiary/aromatic N) is 1. The SMILES string of the molecule is C[C@H](C[C@H](O)c1ccccc1)NC(=O)c1cc(S(N)(=O)=O)ccc1N1CCOCC1. The van der Waals surface area contributed by atoms with Crippen molar-refractivity contribution in [3.8, 4) is 0 Å². The van der Waals surface area contributed by atoms with Crippen molar-refractivity contribution in [2.24, 2.45) is 5.14 Å². The standard InChI is InChI=1S/C21H27N3O5S/c1-15(13-20(25)16-5-3-2-4-6-16)23-21(26)18-14-17(30(22,27)28)7-8-19(18)24-9-11-29-12-10-24/h2-8,14-15,20,25H,9-13H2,1H3,(H,23,26)(H2,22,27,28)/t15-,20+/m1/s1. The Bertz CT molecular complexity index is 975. The molecule has 0 saturated carbocycles. The Morgan fingerprint density at radius 2 is 1.87 bits per heavy atom. The first kappa shape index (κ1) is 22.2. The molecule has 1 aliphatic rings. The highest BCUT2D eigenvalue weighted by molar-refractivity contribution is 7.89. The number of aliphatic hydroxyl groups is 1. The maximum atomic E-state index is 13.0. The van der Waals surface area contributed by atoms with Crippen molar-refractivity contribution in [2.75, 3.05) is 31.2 Å². The molecule has 0 aliphatic carbocycles. The number of nitrogens with two attached hydrogens (primary N) is 1. The van der Waals surface area contributed by atoms with E-state index in [2.05, 4.69) is 5.32 Å².